The van der Waals surface area contributed by atoms with Crippen LogP contribution < -0.4 is 10.9 Å². The Kier molecular flexibility index (Phi) is 7.61. The molecule has 1 amide bonds. The van der Waals surface area contributed by atoms with Gasteiger partial charge < -0.3 is 10.3 Å². The molecule has 2 N–H and O–H groups in total. The first-order valence-corrected chi connectivity index (χ1v) is 10.5. The van der Waals surface area contributed by atoms with Gasteiger partial charge in [0.2, 0.25) is 5.91 Å². The van der Waals surface area contributed by atoms with Gasteiger partial charge >= 0.3 is 0 Å². The lowest BCUT2D eigenvalue weighted by molar-refractivity contribution is -0.115. The minimum atomic E-state index is -0.425. The topological polar surface area (TPSA) is 74.8 Å². The number of rotatable bonds is 7. The van der Waals surface area contributed by atoms with Crippen LogP contribution in [0.4, 0.5) is 5.69 Å². The molecule has 0 aliphatic carbocycles. The number of aromatic nitrogens is 2. The van der Waals surface area contributed by atoms with E-state index in [0.717, 1.165) is 5.56 Å². The Morgan fingerprint density at radius 3 is 2.69 bits per heavy atom. The number of benzene rings is 1. The number of aromatic amines is 1. The number of nitrogens with one attached hydrogen (secondary N) is 2. The number of aryl methyl sites for hydroxylation is 1. The first-order valence-electron chi connectivity index (χ1n) is 8.20. The summed E-state index contributed by atoms with van der Waals surface area (Å²) in [7, 11) is 0. The molecule has 0 spiro atoms. The third-order valence-electron chi connectivity index (χ3n) is 3.43. The summed E-state index contributed by atoms with van der Waals surface area (Å²) in [6, 6.07) is 6.87. The summed E-state index contributed by atoms with van der Waals surface area (Å²) >= 11 is 9.02. The number of hydrogen-bond acceptors (Lipinski definition) is 5. The van der Waals surface area contributed by atoms with E-state index in [0.29, 0.717) is 32.6 Å². The van der Waals surface area contributed by atoms with Crippen molar-refractivity contribution in [1.29, 1.82) is 0 Å². The van der Waals surface area contributed by atoms with Crippen molar-refractivity contribution in [2.45, 2.75) is 49.1 Å². The van der Waals surface area contributed by atoms with Crippen molar-refractivity contribution in [2.24, 2.45) is 0 Å². The van der Waals surface area contributed by atoms with Gasteiger partial charge in [0.25, 0.3) is 5.56 Å². The highest BCUT2D eigenvalue weighted by atomic mass is 35.5. The predicted octanol–water partition coefficient (Wildman–Crippen LogP) is 4.49. The standard InChI is InChI=1S/C18H22ClN3O2S2/c1-10(2)25-9-14-8-16(23)22-18(21-14)26-12(4)17(24)20-13-6-5-11(3)15(19)7-13/h5-8,10,12H,9H2,1-4H3,(H,20,24)(H,21,22,23). The molecule has 0 saturated carbocycles. The van der Waals surface area contributed by atoms with Gasteiger partial charge in [0, 0.05) is 22.5 Å². The molecule has 26 heavy (non-hydrogen) atoms. The van der Waals surface area contributed by atoms with Crippen molar-refractivity contribution in [3.63, 3.8) is 0 Å². The van der Waals surface area contributed by atoms with Gasteiger partial charge in [0.05, 0.1) is 10.9 Å². The monoisotopic (exact) mass is 411 g/mol. The molecule has 8 heteroatoms. The molecule has 1 unspecified atom stereocenters. The Labute approximate surface area is 166 Å². The molecule has 5 nitrogen and oxygen atoms in total. The lowest BCUT2D eigenvalue weighted by Gasteiger charge is -2.12. The summed E-state index contributed by atoms with van der Waals surface area (Å²) in [6.07, 6.45) is 0. The van der Waals surface area contributed by atoms with Crippen LogP contribution in [-0.2, 0) is 10.5 Å². The van der Waals surface area contributed by atoms with Gasteiger partial charge in [0.1, 0.15) is 0 Å². The number of amides is 1. The van der Waals surface area contributed by atoms with Crippen LogP contribution in [0.1, 0.15) is 32.0 Å². The van der Waals surface area contributed by atoms with Crippen LogP contribution in [-0.4, -0.2) is 26.4 Å². The average molecular weight is 412 g/mol. The number of H-pyrrole nitrogens is 1. The first-order chi connectivity index (χ1) is 12.2. The SMILES string of the molecule is Cc1ccc(NC(=O)C(C)Sc2nc(CSC(C)C)cc(=O)[nH]2)cc1Cl. The number of nitrogens with zero attached hydrogens (tertiary/aromatic N) is 1. The van der Waals surface area contributed by atoms with Gasteiger partial charge in [-0.15, -0.1) is 0 Å². The lowest BCUT2D eigenvalue weighted by atomic mass is 10.2. The van der Waals surface area contributed by atoms with Gasteiger partial charge in [0.15, 0.2) is 5.16 Å². The van der Waals surface area contributed by atoms with E-state index < -0.39 is 5.25 Å². The second-order valence-electron chi connectivity index (χ2n) is 6.11. The number of carbonyl (C=O) groups excluding carboxylic acids is 1. The molecule has 0 saturated heterocycles. The number of halogens is 1. The third-order valence-corrected chi connectivity index (χ3v) is 5.96. The molecule has 0 fully saturated rings. The van der Waals surface area contributed by atoms with Gasteiger partial charge in [-0.05, 0) is 36.8 Å². The van der Waals surface area contributed by atoms with Crippen molar-refractivity contribution in [3.8, 4) is 0 Å². The van der Waals surface area contributed by atoms with E-state index in [-0.39, 0.29) is 11.5 Å². The van der Waals surface area contributed by atoms with E-state index in [1.165, 1.54) is 17.8 Å². The maximum absolute atomic E-state index is 12.4. The molecule has 0 aliphatic heterocycles. The summed E-state index contributed by atoms with van der Waals surface area (Å²) in [5.74, 6) is 0.483. The zero-order valence-electron chi connectivity index (χ0n) is 15.1. The smallest absolute Gasteiger partial charge is 0.251 e. The van der Waals surface area contributed by atoms with Crippen LogP contribution in [0.2, 0.25) is 5.02 Å². The highest BCUT2D eigenvalue weighted by Crippen LogP contribution is 2.24. The largest absolute Gasteiger partial charge is 0.325 e. The highest BCUT2D eigenvalue weighted by molar-refractivity contribution is 8.00. The summed E-state index contributed by atoms with van der Waals surface area (Å²) in [5.41, 5.74) is 2.10. The number of hydrogen-bond donors (Lipinski definition) is 2. The van der Waals surface area contributed by atoms with E-state index in [2.05, 4.69) is 29.1 Å². The zero-order valence-corrected chi connectivity index (χ0v) is 17.5. The molecule has 1 heterocycles. The summed E-state index contributed by atoms with van der Waals surface area (Å²) < 4.78 is 0. The van der Waals surface area contributed by atoms with Gasteiger partial charge in [-0.25, -0.2) is 4.98 Å². The maximum Gasteiger partial charge on any atom is 0.251 e. The van der Waals surface area contributed by atoms with Gasteiger partial charge in [-0.2, -0.15) is 11.8 Å². The van der Waals surface area contributed by atoms with E-state index in [9.17, 15) is 9.59 Å². The van der Waals surface area contributed by atoms with Gasteiger partial charge in [-0.3, -0.25) is 9.59 Å². The van der Waals surface area contributed by atoms with Crippen LogP contribution in [0.3, 0.4) is 0 Å². The summed E-state index contributed by atoms with van der Waals surface area (Å²) in [6.45, 7) is 7.86. The lowest BCUT2D eigenvalue weighted by Crippen LogP contribution is -2.23. The van der Waals surface area contributed by atoms with E-state index in [1.807, 2.05) is 13.0 Å². The molecule has 1 aromatic carbocycles. The van der Waals surface area contributed by atoms with E-state index >= 15 is 0 Å². The van der Waals surface area contributed by atoms with Crippen LogP contribution in [0.5, 0.6) is 0 Å². The molecule has 1 atom stereocenters. The average Bonchev–Trinajstić information content (AvgIpc) is 2.55. The third kappa shape index (κ3) is 6.37. The fourth-order valence-electron chi connectivity index (χ4n) is 2.00. The quantitative estimate of drug-likeness (QED) is 0.518. The molecule has 1 aromatic heterocycles. The second-order valence-corrected chi connectivity index (χ2v) is 9.42. The van der Waals surface area contributed by atoms with Crippen molar-refractivity contribution in [1.82, 2.24) is 9.97 Å². The fraction of sp³-hybridized carbons (Fsp3) is 0.389. The molecular formula is C18H22ClN3O2S2. The molecule has 0 bridgehead atoms. The Bertz CT molecular complexity index is 839. The molecular weight excluding hydrogens is 390 g/mol. The van der Waals surface area contributed by atoms with E-state index in [4.69, 9.17) is 11.6 Å². The van der Waals surface area contributed by atoms with Gasteiger partial charge in [-0.1, -0.05) is 43.3 Å². The molecule has 140 valence electrons. The molecule has 0 radical (unpaired) electrons. The maximum atomic E-state index is 12.4. The Morgan fingerprint density at radius 1 is 1.31 bits per heavy atom. The number of carbonyl (C=O) groups is 1. The molecule has 2 rings (SSSR count). The highest BCUT2D eigenvalue weighted by Gasteiger charge is 2.17. The van der Waals surface area contributed by atoms with Crippen LogP contribution >= 0.6 is 35.1 Å². The molecule has 0 aliphatic rings. The number of thioether (sulfide) groups is 2. The Morgan fingerprint density at radius 2 is 2.04 bits per heavy atom. The summed E-state index contributed by atoms with van der Waals surface area (Å²) in [4.78, 5) is 31.4. The minimum Gasteiger partial charge on any atom is -0.325 e. The van der Waals surface area contributed by atoms with Crippen molar-refractivity contribution in [2.75, 3.05) is 5.32 Å². The van der Waals surface area contributed by atoms with Crippen LogP contribution in [0.25, 0.3) is 0 Å². The zero-order chi connectivity index (χ0) is 19.3. The van der Waals surface area contributed by atoms with Crippen molar-refractivity contribution < 1.29 is 4.79 Å². The first kappa shape index (κ1) is 20.9. The van der Waals surface area contributed by atoms with Crippen molar-refractivity contribution >= 4 is 46.7 Å². The van der Waals surface area contributed by atoms with Crippen LogP contribution in [0, 0.1) is 6.92 Å². The van der Waals surface area contributed by atoms with Crippen LogP contribution in [0.15, 0.2) is 34.2 Å². The normalized spacial score (nSPS) is 12.2. The Hall–Kier alpha value is -1.44. The predicted molar refractivity (Wildman–Crippen MR) is 111 cm³/mol. The second kappa shape index (κ2) is 9.48. The molecule has 2 aromatic rings. The Balaban J connectivity index is 2.03. The minimum absolute atomic E-state index is 0.181. The summed E-state index contributed by atoms with van der Waals surface area (Å²) in [5, 5.41) is 3.91. The fourth-order valence-corrected chi connectivity index (χ4v) is 3.66. The van der Waals surface area contributed by atoms with Crippen molar-refractivity contribution in [3.05, 3.63) is 50.9 Å². The number of anilines is 1. The van der Waals surface area contributed by atoms with E-state index in [1.54, 1.807) is 30.8 Å².